The lowest BCUT2D eigenvalue weighted by atomic mass is 10.0. The van der Waals surface area contributed by atoms with Crippen LogP contribution in [0.15, 0.2) is 30.5 Å². The van der Waals surface area contributed by atoms with E-state index in [0.29, 0.717) is 0 Å². The molecule has 1 heteroatoms. The Kier molecular flexibility index (Phi) is 2.05. The zero-order valence-electron chi connectivity index (χ0n) is 8.49. The third-order valence-corrected chi connectivity index (χ3v) is 2.66. The second kappa shape index (κ2) is 3.23. The highest BCUT2D eigenvalue weighted by molar-refractivity contribution is 5.81. The Bertz CT molecular complexity index is 499. The van der Waals surface area contributed by atoms with Crippen LogP contribution >= 0.6 is 0 Å². The van der Waals surface area contributed by atoms with Crippen molar-refractivity contribution in [2.24, 2.45) is 7.05 Å². The van der Waals surface area contributed by atoms with Crippen LogP contribution in [0.2, 0.25) is 0 Å². The van der Waals surface area contributed by atoms with E-state index in [1.54, 1.807) is 0 Å². The minimum absolute atomic E-state index is 0.194. The van der Waals surface area contributed by atoms with Crippen LogP contribution in [0.25, 0.3) is 10.9 Å². The van der Waals surface area contributed by atoms with Gasteiger partial charge in [0.2, 0.25) is 0 Å². The molecule has 14 heavy (non-hydrogen) atoms. The second-order valence-electron chi connectivity index (χ2n) is 3.63. The molecule has 0 spiro atoms. The average Bonchev–Trinajstić information content (AvgIpc) is 2.59. The van der Waals surface area contributed by atoms with Crippen LogP contribution in [0.5, 0.6) is 0 Å². The van der Waals surface area contributed by atoms with Gasteiger partial charge in [-0.2, -0.15) is 0 Å². The molecule has 0 fully saturated rings. The van der Waals surface area contributed by atoms with Gasteiger partial charge in [0.05, 0.1) is 0 Å². The molecule has 1 atom stereocenters. The number of aryl methyl sites for hydroxylation is 1. The maximum atomic E-state index is 5.40. The van der Waals surface area contributed by atoms with Gasteiger partial charge < -0.3 is 4.57 Å². The number of fused-ring (bicyclic) bond motifs is 1. The first kappa shape index (κ1) is 8.90. The average molecular weight is 183 g/mol. The molecular weight excluding hydrogens is 170 g/mol. The van der Waals surface area contributed by atoms with E-state index < -0.39 is 0 Å². The molecule has 0 N–H and O–H groups in total. The Balaban J connectivity index is 2.58. The molecule has 0 saturated heterocycles. The number of rotatable bonds is 1. The first-order valence-electron chi connectivity index (χ1n) is 4.73. The van der Waals surface area contributed by atoms with Gasteiger partial charge in [-0.3, -0.25) is 0 Å². The molecule has 2 rings (SSSR count). The van der Waals surface area contributed by atoms with Crippen molar-refractivity contribution >= 4 is 10.9 Å². The van der Waals surface area contributed by atoms with E-state index >= 15 is 0 Å². The third-order valence-electron chi connectivity index (χ3n) is 2.66. The van der Waals surface area contributed by atoms with E-state index in [2.05, 4.69) is 40.9 Å². The number of hydrogen-bond acceptors (Lipinski definition) is 0. The van der Waals surface area contributed by atoms with Gasteiger partial charge in [0, 0.05) is 24.7 Å². The lowest BCUT2D eigenvalue weighted by molar-refractivity contribution is 0.966. The van der Waals surface area contributed by atoms with E-state index in [1.807, 2.05) is 14.0 Å². The van der Waals surface area contributed by atoms with Crippen molar-refractivity contribution in [3.8, 4) is 12.3 Å². The molecule has 1 unspecified atom stereocenters. The molecule has 2 aromatic rings. The summed E-state index contributed by atoms with van der Waals surface area (Å²) in [6.07, 6.45) is 7.46. The topological polar surface area (TPSA) is 4.93 Å². The summed E-state index contributed by atoms with van der Waals surface area (Å²) >= 11 is 0. The summed E-state index contributed by atoms with van der Waals surface area (Å²) in [6.45, 7) is 2.05. The Hall–Kier alpha value is -1.68. The smallest absolute Gasteiger partial charge is 0.0477 e. The van der Waals surface area contributed by atoms with Gasteiger partial charge in [-0.25, -0.2) is 0 Å². The van der Waals surface area contributed by atoms with Gasteiger partial charge in [-0.1, -0.05) is 12.0 Å². The predicted molar refractivity (Wildman–Crippen MR) is 60.2 cm³/mol. The maximum absolute atomic E-state index is 5.40. The van der Waals surface area contributed by atoms with Gasteiger partial charge in [0.25, 0.3) is 0 Å². The van der Waals surface area contributed by atoms with E-state index in [1.165, 1.54) is 16.5 Å². The monoisotopic (exact) mass is 183 g/mol. The van der Waals surface area contributed by atoms with Crippen LogP contribution < -0.4 is 0 Å². The molecule has 0 bridgehead atoms. The summed E-state index contributed by atoms with van der Waals surface area (Å²) in [6, 6.07) is 8.51. The molecular formula is C13H13N. The number of benzene rings is 1. The van der Waals surface area contributed by atoms with Crippen molar-refractivity contribution < 1.29 is 0 Å². The molecule has 1 aromatic heterocycles. The van der Waals surface area contributed by atoms with Gasteiger partial charge >= 0.3 is 0 Å². The Labute approximate surface area is 84.4 Å². The zero-order valence-corrected chi connectivity index (χ0v) is 8.49. The van der Waals surface area contributed by atoms with Crippen LogP contribution in [0.4, 0.5) is 0 Å². The zero-order chi connectivity index (χ0) is 10.1. The van der Waals surface area contributed by atoms with Gasteiger partial charge in [0.15, 0.2) is 0 Å². The Morgan fingerprint density at radius 2 is 2.14 bits per heavy atom. The van der Waals surface area contributed by atoms with E-state index in [9.17, 15) is 0 Å². The number of aromatic nitrogens is 1. The van der Waals surface area contributed by atoms with E-state index in [4.69, 9.17) is 6.42 Å². The first-order valence-corrected chi connectivity index (χ1v) is 4.73. The molecule has 0 amide bonds. The van der Waals surface area contributed by atoms with Crippen molar-refractivity contribution in [2.45, 2.75) is 12.8 Å². The summed E-state index contributed by atoms with van der Waals surface area (Å²) < 4.78 is 2.11. The first-order chi connectivity index (χ1) is 6.72. The fourth-order valence-electron chi connectivity index (χ4n) is 1.67. The minimum Gasteiger partial charge on any atom is -0.351 e. The largest absolute Gasteiger partial charge is 0.351 e. The fourth-order valence-corrected chi connectivity index (χ4v) is 1.67. The molecule has 1 nitrogen and oxygen atoms in total. The van der Waals surface area contributed by atoms with Crippen molar-refractivity contribution in [1.82, 2.24) is 4.57 Å². The van der Waals surface area contributed by atoms with Gasteiger partial charge in [0.1, 0.15) is 0 Å². The van der Waals surface area contributed by atoms with Crippen molar-refractivity contribution in [3.63, 3.8) is 0 Å². The highest BCUT2D eigenvalue weighted by Gasteiger charge is 2.03. The summed E-state index contributed by atoms with van der Waals surface area (Å²) in [7, 11) is 2.05. The van der Waals surface area contributed by atoms with Crippen molar-refractivity contribution in [2.75, 3.05) is 0 Å². The second-order valence-corrected chi connectivity index (χ2v) is 3.63. The Morgan fingerprint density at radius 3 is 2.86 bits per heavy atom. The SMILES string of the molecule is C#CC(C)c1ccc2c(ccn2C)c1. The maximum Gasteiger partial charge on any atom is 0.0477 e. The highest BCUT2D eigenvalue weighted by atomic mass is 14.9. The van der Waals surface area contributed by atoms with E-state index in [0.717, 1.165) is 0 Å². The fraction of sp³-hybridized carbons (Fsp3) is 0.231. The van der Waals surface area contributed by atoms with Crippen molar-refractivity contribution in [1.29, 1.82) is 0 Å². The molecule has 0 aliphatic heterocycles. The molecule has 1 aromatic carbocycles. The van der Waals surface area contributed by atoms with Crippen LogP contribution in [0, 0.1) is 12.3 Å². The molecule has 1 heterocycles. The van der Waals surface area contributed by atoms with Crippen LogP contribution in [0.3, 0.4) is 0 Å². The van der Waals surface area contributed by atoms with Crippen molar-refractivity contribution in [3.05, 3.63) is 36.0 Å². The standard InChI is InChI=1S/C13H13N/c1-4-10(2)11-5-6-13-12(9-11)7-8-14(13)3/h1,5-10H,2-3H3. The summed E-state index contributed by atoms with van der Waals surface area (Å²) in [4.78, 5) is 0. The van der Waals surface area contributed by atoms with Crippen LogP contribution in [-0.4, -0.2) is 4.57 Å². The number of hydrogen-bond donors (Lipinski definition) is 0. The van der Waals surface area contributed by atoms with E-state index in [-0.39, 0.29) is 5.92 Å². The van der Waals surface area contributed by atoms with Crippen LogP contribution in [-0.2, 0) is 7.05 Å². The molecule has 0 radical (unpaired) electrons. The molecule has 70 valence electrons. The lowest BCUT2D eigenvalue weighted by Crippen LogP contribution is -1.89. The summed E-state index contributed by atoms with van der Waals surface area (Å²) in [5, 5.41) is 1.26. The highest BCUT2D eigenvalue weighted by Crippen LogP contribution is 2.21. The molecule has 0 saturated carbocycles. The Morgan fingerprint density at radius 1 is 1.36 bits per heavy atom. The predicted octanol–water partition coefficient (Wildman–Crippen LogP) is 2.92. The quantitative estimate of drug-likeness (QED) is 0.599. The normalized spacial score (nSPS) is 12.6. The minimum atomic E-state index is 0.194. The number of nitrogens with zero attached hydrogens (tertiary/aromatic N) is 1. The summed E-state index contributed by atoms with van der Waals surface area (Å²) in [5.74, 6) is 2.94. The summed E-state index contributed by atoms with van der Waals surface area (Å²) in [5.41, 5.74) is 2.46. The third kappa shape index (κ3) is 1.29. The van der Waals surface area contributed by atoms with Gasteiger partial charge in [-0.15, -0.1) is 6.42 Å². The number of terminal acetylenes is 1. The molecule has 0 aliphatic rings. The van der Waals surface area contributed by atoms with Crippen LogP contribution in [0.1, 0.15) is 18.4 Å². The van der Waals surface area contributed by atoms with Gasteiger partial charge in [-0.05, 0) is 36.1 Å². The molecule has 0 aliphatic carbocycles. The lowest BCUT2D eigenvalue weighted by Gasteiger charge is -2.04.